The molecule has 0 fully saturated rings. The van der Waals surface area contributed by atoms with E-state index in [9.17, 15) is 4.39 Å². The Morgan fingerprint density at radius 2 is 2.13 bits per heavy atom. The molecule has 0 bridgehead atoms. The first-order chi connectivity index (χ1) is 7.25. The molecular weight excluding hydrogens is 189 g/mol. The Morgan fingerprint density at radius 1 is 1.40 bits per heavy atom. The van der Waals surface area contributed by atoms with E-state index in [4.69, 9.17) is 5.41 Å². The van der Waals surface area contributed by atoms with Crippen molar-refractivity contribution in [3.05, 3.63) is 47.8 Å². The van der Waals surface area contributed by atoms with Crippen molar-refractivity contribution in [3.8, 4) is 0 Å². The zero-order valence-electron chi connectivity index (χ0n) is 8.96. The van der Waals surface area contributed by atoms with E-state index in [0.717, 1.165) is 19.3 Å². The highest BCUT2D eigenvalue weighted by molar-refractivity contribution is 6.06. The fraction of sp³-hybridized carbons (Fsp3) is 0.308. The van der Waals surface area contributed by atoms with Crippen LogP contribution >= 0.6 is 0 Å². The largest absolute Gasteiger partial charge is 0.300 e. The summed E-state index contributed by atoms with van der Waals surface area (Å²) < 4.78 is 13.2. The molecule has 0 unspecified atom stereocenters. The maximum Gasteiger partial charge on any atom is 0.132 e. The second-order valence-electron chi connectivity index (χ2n) is 3.44. The first-order valence-electron chi connectivity index (χ1n) is 5.25. The Labute approximate surface area is 90.1 Å². The average molecular weight is 205 g/mol. The van der Waals surface area contributed by atoms with Gasteiger partial charge < -0.3 is 5.41 Å². The third-order valence-corrected chi connectivity index (χ3v) is 2.17. The number of nitrogens with one attached hydrogen (secondary N) is 1. The van der Waals surface area contributed by atoms with E-state index in [2.05, 4.69) is 6.92 Å². The molecular formula is C13H16FN. The van der Waals surface area contributed by atoms with Crippen molar-refractivity contribution in [3.63, 3.8) is 0 Å². The standard InChI is InChI=1S/C13H16FN/c1-2-3-4-5-10-13(15)11-8-6-7-9-12(11)14/h5-10,15H,2-4H2,1H3/b10-5+,15-13?. The van der Waals surface area contributed by atoms with Crippen molar-refractivity contribution >= 4 is 5.71 Å². The van der Waals surface area contributed by atoms with Gasteiger partial charge in [-0.25, -0.2) is 4.39 Å². The maximum absolute atomic E-state index is 13.2. The number of allylic oxidation sites excluding steroid dienone is 2. The Kier molecular flexibility index (Phi) is 4.75. The normalized spacial score (nSPS) is 10.8. The van der Waals surface area contributed by atoms with Crippen LogP contribution in [0.4, 0.5) is 4.39 Å². The summed E-state index contributed by atoms with van der Waals surface area (Å²) in [5.41, 5.74) is 0.606. The molecule has 0 saturated heterocycles. The lowest BCUT2D eigenvalue weighted by Crippen LogP contribution is -1.97. The van der Waals surface area contributed by atoms with Crippen LogP contribution < -0.4 is 0 Å². The van der Waals surface area contributed by atoms with Crippen molar-refractivity contribution in [2.75, 3.05) is 0 Å². The van der Waals surface area contributed by atoms with Gasteiger partial charge in [-0.2, -0.15) is 0 Å². The number of halogens is 1. The molecule has 15 heavy (non-hydrogen) atoms. The molecule has 2 heteroatoms. The lowest BCUT2D eigenvalue weighted by Gasteiger charge is -1.99. The van der Waals surface area contributed by atoms with Crippen LogP contribution in [0, 0.1) is 11.2 Å². The Morgan fingerprint density at radius 3 is 2.80 bits per heavy atom. The van der Waals surface area contributed by atoms with Gasteiger partial charge in [0, 0.05) is 5.56 Å². The molecule has 0 aromatic heterocycles. The summed E-state index contributed by atoms with van der Waals surface area (Å²) in [6.45, 7) is 2.12. The van der Waals surface area contributed by atoms with Crippen molar-refractivity contribution in [1.82, 2.24) is 0 Å². The van der Waals surface area contributed by atoms with Gasteiger partial charge in [-0.3, -0.25) is 0 Å². The molecule has 1 aromatic carbocycles. The first-order valence-corrected chi connectivity index (χ1v) is 5.25. The molecule has 0 aliphatic rings. The smallest absolute Gasteiger partial charge is 0.132 e. The molecule has 1 N–H and O–H groups in total. The molecule has 1 aromatic rings. The molecule has 0 spiro atoms. The van der Waals surface area contributed by atoms with Crippen LogP contribution in [0.15, 0.2) is 36.4 Å². The molecule has 1 rings (SSSR count). The highest BCUT2D eigenvalue weighted by Crippen LogP contribution is 2.08. The monoisotopic (exact) mass is 205 g/mol. The maximum atomic E-state index is 13.2. The average Bonchev–Trinajstić information content (AvgIpc) is 2.25. The zero-order valence-corrected chi connectivity index (χ0v) is 8.96. The number of hydrogen-bond acceptors (Lipinski definition) is 1. The van der Waals surface area contributed by atoms with Crippen LogP contribution in [0.2, 0.25) is 0 Å². The summed E-state index contributed by atoms with van der Waals surface area (Å²) in [5, 5.41) is 7.68. The lowest BCUT2D eigenvalue weighted by atomic mass is 10.1. The van der Waals surface area contributed by atoms with E-state index in [0.29, 0.717) is 5.56 Å². The van der Waals surface area contributed by atoms with E-state index in [1.807, 2.05) is 6.08 Å². The van der Waals surface area contributed by atoms with Crippen LogP contribution in [0.3, 0.4) is 0 Å². The van der Waals surface area contributed by atoms with Crippen LogP contribution in [0.25, 0.3) is 0 Å². The molecule has 0 aliphatic carbocycles. The zero-order chi connectivity index (χ0) is 11.1. The molecule has 80 valence electrons. The minimum absolute atomic E-state index is 0.240. The van der Waals surface area contributed by atoms with E-state index >= 15 is 0 Å². The summed E-state index contributed by atoms with van der Waals surface area (Å²) in [7, 11) is 0. The summed E-state index contributed by atoms with van der Waals surface area (Å²) >= 11 is 0. The van der Waals surface area contributed by atoms with Gasteiger partial charge in [0.05, 0.1) is 5.71 Å². The van der Waals surface area contributed by atoms with Crippen molar-refractivity contribution in [2.24, 2.45) is 0 Å². The van der Waals surface area contributed by atoms with Crippen molar-refractivity contribution in [2.45, 2.75) is 26.2 Å². The van der Waals surface area contributed by atoms with E-state index in [1.54, 1.807) is 24.3 Å². The van der Waals surface area contributed by atoms with Crippen LogP contribution in [-0.2, 0) is 0 Å². The summed E-state index contributed by atoms with van der Waals surface area (Å²) in [5.74, 6) is -0.331. The van der Waals surface area contributed by atoms with E-state index in [1.165, 1.54) is 6.07 Å². The fourth-order valence-corrected chi connectivity index (χ4v) is 1.29. The molecule has 0 amide bonds. The van der Waals surface area contributed by atoms with Crippen LogP contribution in [0.5, 0.6) is 0 Å². The Balaban J connectivity index is 2.61. The van der Waals surface area contributed by atoms with Gasteiger partial charge in [-0.05, 0) is 24.6 Å². The predicted molar refractivity (Wildman–Crippen MR) is 61.9 cm³/mol. The SMILES string of the molecule is CCCC/C=C/C(=N)c1ccccc1F. The van der Waals surface area contributed by atoms with E-state index < -0.39 is 0 Å². The Hall–Kier alpha value is -1.44. The van der Waals surface area contributed by atoms with Crippen LogP contribution in [-0.4, -0.2) is 5.71 Å². The number of benzene rings is 1. The second kappa shape index (κ2) is 6.12. The Bertz CT molecular complexity index is 355. The second-order valence-corrected chi connectivity index (χ2v) is 3.44. The highest BCUT2D eigenvalue weighted by Gasteiger charge is 2.02. The fourth-order valence-electron chi connectivity index (χ4n) is 1.29. The molecule has 0 heterocycles. The predicted octanol–water partition coefficient (Wildman–Crippen LogP) is 3.94. The van der Waals surface area contributed by atoms with Crippen molar-refractivity contribution < 1.29 is 4.39 Å². The van der Waals surface area contributed by atoms with Gasteiger partial charge in [0.1, 0.15) is 5.82 Å². The van der Waals surface area contributed by atoms with Gasteiger partial charge in [-0.15, -0.1) is 0 Å². The van der Waals surface area contributed by atoms with Gasteiger partial charge >= 0.3 is 0 Å². The molecule has 1 nitrogen and oxygen atoms in total. The topological polar surface area (TPSA) is 23.9 Å². The minimum atomic E-state index is -0.331. The molecule has 0 radical (unpaired) electrons. The third kappa shape index (κ3) is 3.66. The quantitative estimate of drug-likeness (QED) is 0.556. The van der Waals surface area contributed by atoms with Crippen LogP contribution in [0.1, 0.15) is 31.7 Å². The number of hydrogen-bond donors (Lipinski definition) is 1. The molecule has 0 saturated carbocycles. The van der Waals surface area contributed by atoms with Gasteiger partial charge in [0.15, 0.2) is 0 Å². The summed E-state index contributed by atoms with van der Waals surface area (Å²) in [6, 6.07) is 6.38. The third-order valence-electron chi connectivity index (χ3n) is 2.17. The lowest BCUT2D eigenvalue weighted by molar-refractivity contribution is 0.625. The van der Waals surface area contributed by atoms with Gasteiger partial charge in [-0.1, -0.05) is 38.0 Å². The summed E-state index contributed by atoms with van der Waals surface area (Å²) in [4.78, 5) is 0. The number of rotatable bonds is 5. The number of unbranched alkanes of at least 4 members (excludes halogenated alkanes) is 2. The molecule has 0 atom stereocenters. The van der Waals surface area contributed by atoms with Crippen molar-refractivity contribution in [1.29, 1.82) is 5.41 Å². The van der Waals surface area contributed by atoms with Gasteiger partial charge in [0.25, 0.3) is 0 Å². The highest BCUT2D eigenvalue weighted by atomic mass is 19.1. The molecule has 0 aliphatic heterocycles. The first kappa shape index (κ1) is 11.6. The summed E-state index contributed by atoms with van der Waals surface area (Å²) in [6.07, 6.45) is 6.80. The van der Waals surface area contributed by atoms with E-state index in [-0.39, 0.29) is 11.5 Å². The van der Waals surface area contributed by atoms with Gasteiger partial charge in [0.2, 0.25) is 0 Å². The minimum Gasteiger partial charge on any atom is -0.300 e.